The average molecular weight is 277 g/mol. The molecule has 0 spiro atoms. The van der Waals surface area contributed by atoms with Crippen molar-refractivity contribution in [1.29, 1.82) is 5.26 Å². The van der Waals surface area contributed by atoms with Crippen LogP contribution in [0.15, 0.2) is 49.2 Å². The van der Waals surface area contributed by atoms with Gasteiger partial charge in [0, 0.05) is 25.1 Å². The van der Waals surface area contributed by atoms with E-state index < -0.39 is 0 Å². The molecule has 3 rings (SSSR count). The Bertz CT molecular complexity index is 740. The molecule has 0 unspecified atom stereocenters. The van der Waals surface area contributed by atoms with E-state index in [-0.39, 0.29) is 0 Å². The van der Waals surface area contributed by atoms with Gasteiger partial charge in [0.05, 0.1) is 0 Å². The maximum Gasteiger partial charge on any atom is 0.163 e. The molecule has 0 bridgehead atoms. The number of hydrogen-bond donors (Lipinski definition) is 1. The Hall–Kier alpha value is -3.27. The molecule has 7 heteroatoms. The highest BCUT2D eigenvalue weighted by Crippen LogP contribution is 2.08. The summed E-state index contributed by atoms with van der Waals surface area (Å²) in [5.74, 6) is 1.43. The monoisotopic (exact) mass is 277 g/mol. The predicted octanol–water partition coefficient (Wildman–Crippen LogP) is 1.54. The highest BCUT2D eigenvalue weighted by Gasteiger charge is 2.00. The Kier molecular flexibility index (Phi) is 3.52. The maximum atomic E-state index is 8.65. The number of pyridine rings is 1. The number of hydrogen-bond acceptors (Lipinski definition) is 6. The Balaban J connectivity index is 1.64. The fourth-order valence-electron chi connectivity index (χ4n) is 1.75. The van der Waals surface area contributed by atoms with Gasteiger partial charge in [-0.05, 0) is 23.8 Å². The molecular formula is C14H11N7. The van der Waals surface area contributed by atoms with Crippen LogP contribution in [0, 0.1) is 11.3 Å². The minimum atomic E-state index is 0.298. The molecule has 21 heavy (non-hydrogen) atoms. The average Bonchev–Trinajstić information content (AvgIpc) is 3.08. The van der Waals surface area contributed by atoms with Crippen molar-refractivity contribution in [2.75, 3.05) is 5.32 Å². The Morgan fingerprint density at radius 3 is 2.76 bits per heavy atom. The highest BCUT2D eigenvalue weighted by atomic mass is 15.2. The summed E-state index contributed by atoms with van der Waals surface area (Å²) in [6.45, 7) is 0.581. The lowest BCUT2D eigenvalue weighted by atomic mass is 10.3. The molecule has 0 atom stereocenters. The SMILES string of the molecule is N#Cc1ccc(NCc2ccc(-n3ccnc3)nc2)nn1. The molecule has 0 saturated heterocycles. The number of rotatable bonds is 4. The number of anilines is 1. The Morgan fingerprint density at radius 2 is 2.14 bits per heavy atom. The summed E-state index contributed by atoms with van der Waals surface area (Å²) in [5.41, 5.74) is 1.32. The molecule has 0 amide bonds. The summed E-state index contributed by atoms with van der Waals surface area (Å²) in [5, 5.41) is 19.4. The van der Waals surface area contributed by atoms with E-state index >= 15 is 0 Å². The van der Waals surface area contributed by atoms with Crippen molar-refractivity contribution in [3.63, 3.8) is 0 Å². The van der Waals surface area contributed by atoms with Gasteiger partial charge in [0.1, 0.15) is 24.0 Å². The van der Waals surface area contributed by atoms with Gasteiger partial charge in [-0.25, -0.2) is 9.97 Å². The van der Waals surface area contributed by atoms with Gasteiger partial charge in [-0.2, -0.15) is 5.26 Å². The molecule has 7 nitrogen and oxygen atoms in total. The molecule has 1 N–H and O–H groups in total. The summed E-state index contributed by atoms with van der Waals surface area (Å²) in [6, 6.07) is 9.17. The first-order valence-electron chi connectivity index (χ1n) is 6.26. The molecule has 0 aliphatic carbocycles. The van der Waals surface area contributed by atoms with Gasteiger partial charge in [0.25, 0.3) is 0 Å². The van der Waals surface area contributed by atoms with Crippen LogP contribution in [0.2, 0.25) is 0 Å². The predicted molar refractivity (Wildman–Crippen MR) is 75.4 cm³/mol. The van der Waals surface area contributed by atoms with Gasteiger partial charge in [0.2, 0.25) is 0 Å². The van der Waals surface area contributed by atoms with E-state index in [0.717, 1.165) is 11.4 Å². The second kappa shape index (κ2) is 5.79. The normalized spacial score (nSPS) is 10.0. The molecule has 0 saturated carbocycles. The lowest BCUT2D eigenvalue weighted by Crippen LogP contribution is -2.04. The van der Waals surface area contributed by atoms with Crippen molar-refractivity contribution < 1.29 is 0 Å². The smallest absolute Gasteiger partial charge is 0.163 e. The maximum absolute atomic E-state index is 8.65. The minimum absolute atomic E-state index is 0.298. The third kappa shape index (κ3) is 3.01. The van der Waals surface area contributed by atoms with Crippen molar-refractivity contribution in [3.8, 4) is 11.9 Å². The van der Waals surface area contributed by atoms with Gasteiger partial charge < -0.3 is 5.32 Å². The van der Waals surface area contributed by atoms with E-state index in [1.807, 2.05) is 29.0 Å². The van der Waals surface area contributed by atoms with Crippen molar-refractivity contribution in [2.45, 2.75) is 6.54 Å². The van der Waals surface area contributed by atoms with Crippen LogP contribution >= 0.6 is 0 Å². The second-order valence-electron chi connectivity index (χ2n) is 4.26. The molecule has 0 aromatic carbocycles. The van der Waals surface area contributed by atoms with Gasteiger partial charge in [-0.1, -0.05) is 6.07 Å². The van der Waals surface area contributed by atoms with Crippen LogP contribution in [0.25, 0.3) is 5.82 Å². The topological polar surface area (TPSA) is 92.3 Å². The zero-order valence-electron chi connectivity index (χ0n) is 11.0. The number of nitrogens with one attached hydrogen (secondary N) is 1. The van der Waals surface area contributed by atoms with Crippen molar-refractivity contribution >= 4 is 5.82 Å². The molecule has 0 aliphatic heterocycles. The largest absolute Gasteiger partial charge is 0.364 e. The molecule has 0 aliphatic rings. The lowest BCUT2D eigenvalue weighted by Gasteiger charge is -2.06. The molecule has 3 aromatic heterocycles. The van der Waals surface area contributed by atoms with Gasteiger partial charge in [0.15, 0.2) is 5.69 Å². The van der Waals surface area contributed by atoms with E-state index in [1.165, 1.54) is 0 Å². The molecule has 3 aromatic rings. The summed E-state index contributed by atoms with van der Waals surface area (Å²) in [7, 11) is 0. The van der Waals surface area contributed by atoms with Crippen LogP contribution in [0.4, 0.5) is 5.82 Å². The van der Waals surface area contributed by atoms with E-state index in [1.54, 1.807) is 30.9 Å². The molecular weight excluding hydrogens is 266 g/mol. The fraction of sp³-hybridized carbons (Fsp3) is 0.0714. The zero-order valence-corrected chi connectivity index (χ0v) is 11.0. The summed E-state index contributed by atoms with van der Waals surface area (Å²) in [4.78, 5) is 8.35. The van der Waals surface area contributed by atoms with E-state index in [0.29, 0.717) is 18.1 Å². The number of nitrogens with zero attached hydrogens (tertiary/aromatic N) is 6. The van der Waals surface area contributed by atoms with Gasteiger partial charge in [-0.3, -0.25) is 4.57 Å². The second-order valence-corrected chi connectivity index (χ2v) is 4.26. The summed E-state index contributed by atoms with van der Waals surface area (Å²) in [6.07, 6.45) is 7.04. The first-order chi connectivity index (χ1) is 10.3. The Morgan fingerprint density at radius 1 is 1.19 bits per heavy atom. The summed E-state index contributed by atoms with van der Waals surface area (Å²) >= 11 is 0. The highest BCUT2D eigenvalue weighted by molar-refractivity contribution is 5.36. The fourth-order valence-corrected chi connectivity index (χ4v) is 1.75. The molecule has 102 valence electrons. The van der Waals surface area contributed by atoms with Crippen LogP contribution in [-0.2, 0) is 6.54 Å². The van der Waals surface area contributed by atoms with Crippen LogP contribution in [0.3, 0.4) is 0 Å². The standard InChI is InChI=1S/C14H11N7/c15-7-12-2-3-13(20-19-12)17-8-11-1-4-14(18-9-11)21-6-5-16-10-21/h1-6,9-10H,8H2,(H,17,20). The van der Waals surface area contributed by atoms with Crippen molar-refractivity contribution in [3.05, 3.63) is 60.4 Å². The van der Waals surface area contributed by atoms with Crippen LogP contribution in [0.1, 0.15) is 11.3 Å². The van der Waals surface area contributed by atoms with Crippen LogP contribution in [-0.4, -0.2) is 24.7 Å². The Labute approximate surface area is 120 Å². The van der Waals surface area contributed by atoms with Crippen molar-refractivity contribution in [1.82, 2.24) is 24.7 Å². The quantitative estimate of drug-likeness (QED) is 0.777. The van der Waals surface area contributed by atoms with Crippen LogP contribution in [0.5, 0.6) is 0 Å². The van der Waals surface area contributed by atoms with Crippen LogP contribution < -0.4 is 5.32 Å². The van der Waals surface area contributed by atoms with Gasteiger partial charge >= 0.3 is 0 Å². The molecule has 0 fully saturated rings. The lowest BCUT2D eigenvalue weighted by molar-refractivity contribution is 0.963. The first kappa shape index (κ1) is 12.7. The molecule has 3 heterocycles. The zero-order chi connectivity index (χ0) is 14.5. The number of aromatic nitrogens is 5. The minimum Gasteiger partial charge on any atom is -0.364 e. The third-order valence-electron chi connectivity index (χ3n) is 2.83. The van der Waals surface area contributed by atoms with Crippen molar-refractivity contribution in [2.24, 2.45) is 0 Å². The molecule has 0 radical (unpaired) electrons. The number of imidazole rings is 1. The first-order valence-corrected chi connectivity index (χ1v) is 6.26. The third-order valence-corrected chi connectivity index (χ3v) is 2.83. The number of nitriles is 1. The van der Waals surface area contributed by atoms with E-state index in [4.69, 9.17) is 5.26 Å². The van der Waals surface area contributed by atoms with E-state index in [9.17, 15) is 0 Å². The summed E-state index contributed by atoms with van der Waals surface area (Å²) < 4.78 is 1.84. The van der Waals surface area contributed by atoms with Gasteiger partial charge in [-0.15, -0.1) is 10.2 Å². The van der Waals surface area contributed by atoms with E-state index in [2.05, 4.69) is 25.5 Å².